The van der Waals surface area contributed by atoms with Crippen LogP contribution in [-0.2, 0) is 0 Å². The quantitative estimate of drug-likeness (QED) is 0.698. The predicted molar refractivity (Wildman–Crippen MR) is 66.3 cm³/mol. The van der Waals surface area contributed by atoms with Crippen LogP contribution >= 0.6 is 0 Å². The smallest absolute Gasteiger partial charge is 0.245 e. The van der Waals surface area contributed by atoms with E-state index in [9.17, 15) is 15.8 Å². The number of hydrogen-bond donors (Lipinski definition) is 0. The normalized spacial score (nSPS) is 25.6. The number of fused-ring (bicyclic) bond motifs is 3. The fourth-order valence-corrected chi connectivity index (χ4v) is 2.82. The zero-order chi connectivity index (χ0) is 13.5. The lowest BCUT2D eigenvalue weighted by molar-refractivity contribution is 0.181. The summed E-state index contributed by atoms with van der Waals surface area (Å²) in [6, 6.07) is 13.6. The molecule has 3 rings (SSSR count). The summed E-state index contributed by atoms with van der Waals surface area (Å²) in [6.07, 6.45) is 2.10. The van der Waals surface area contributed by atoms with E-state index in [0.717, 1.165) is 11.1 Å². The van der Waals surface area contributed by atoms with Gasteiger partial charge >= 0.3 is 0 Å². The average Bonchev–Trinajstić information content (AvgIpc) is 2.81. The molecule has 0 aliphatic carbocycles. The molecular weight excluding hydrogens is 238 g/mol. The molecule has 90 valence electrons. The summed E-state index contributed by atoms with van der Waals surface area (Å²) >= 11 is 0. The highest BCUT2D eigenvalue weighted by Gasteiger charge is 2.56. The molecule has 2 atom stereocenters. The second kappa shape index (κ2) is 3.83. The minimum Gasteiger partial charge on any atom is -0.254 e. The lowest BCUT2D eigenvalue weighted by atomic mass is 9.88. The largest absolute Gasteiger partial charge is 0.254 e. The van der Waals surface area contributed by atoms with Crippen LogP contribution < -0.4 is 0 Å². The van der Waals surface area contributed by atoms with Gasteiger partial charge in [0.05, 0.1) is 18.3 Å². The predicted octanol–water partition coefficient (Wildman–Crippen LogP) is 1.71. The van der Waals surface area contributed by atoms with Crippen molar-refractivity contribution in [3.63, 3.8) is 0 Å². The van der Waals surface area contributed by atoms with E-state index >= 15 is 0 Å². The monoisotopic (exact) mass is 247 g/mol. The van der Waals surface area contributed by atoms with Gasteiger partial charge < -0.3 is 0 Å². The van der Waals surface area contributed by atoms with Gasteiger partial charge in [0.15, 0.2) is 0 Å². The summed E-state index contributed by atoms with van der Waals surface area (Å²) in [4.78, 5) is 0. The third kappa shape index (κ3) is 1.29. The Morgan fingerprint density at radius 3 is 2.63 bits per heavy atom. The topological polar surface area (TPSA) is 87.0 Å². The van der Waals surface area contributed by atoms with E-state index < -0.39 is 11.5 Å². The molecule has 1 fully saturated rings. The molecule has 0 unspecified atom stereocenters. The number of benzene rings is 1. The number of nitriles is 3. The SMILES string of the molecule is N#C[C@@H]1C[C@@H]2c3ccccc3C=NN2C1(C#N)C#N. The number of hydrazone groups is 1. The Morgan fingerprint density at radius 2 is 1.95 bits per heavy atom. The third-order valence-corrected chi connectivity index (χ3v) is 3.79. The molecule has 1 aromatic rings. The first-order chi connectivity index (χ1) is 9.26. The van der Waals surface area contributed by atoms with Crippen molar-refractivity contribution in [2.45, 2.75) is 18.0 Å². The van der Waals surface area contributed by atoms with Crippen LogP contribution in [0.15, 0.2) is 29.4 Å². The summed E-state index contributed by atoms with van der Waals surface area (Å²) in [6.45, 7) is 0. The van der Waals surface area contributed by atoms with Crippen LogP contribution in [0.3, 0.4) is 0 Å². The first kappa shape index (κ1) is 11.3. The van der Waals surface area contributed by atoms with E-state index in [1.54, 1.807) is 6.21 Å². The summed E-state index contributed by atoms with van der Waals surface area (Å²) in [7, 11) is 0. The minimum atomic E-state index is -1.48. The van der Waals surface area contributed by atoms with Crippen molar-refractivity contribution in [2.24, 2.45) is 11.0 Å². The first-order valence-corrected chi connectivity index (χ1v) is 5.91. The molecule has 19 heavy (non-hydrogen) atoms. The highest BCUT2D eigenvalue weighted by atomic mass is 15.5. The first-order valence-electron chi connectivity index (χ1n) is 5.91. The second-order valence-corrected chi connectivity index (χ2v) is 4.64. The summed E-state index contributed by atoms with van der Waals surface area (Å²) in [5, 5.41) is 33.7. The van der Waals surface area contributed by atoms with Gasteiger partial charge in [0, 0.05) is 0 Å². The lowest BCUT2D eigenvalue weighted by Gasteiger charge is -2.32. The van der Waals surface area contributed by atoms with Crippen LogP contribution in [0.25, 0.3) is 0 Å². The van der Waals surface area contributed by atoms with Crippen LogP contribution in [0.4, 0.5) is 0 Å². The van der Waals surface area contributed by atoms with E-state index in [-0.39, 0.29) is 6.04 Å². The van der Waals surface area contributed by atoms with Crippen LogP contribution in [0.2, 0.25) is 0 Å². The standard InChI is InChI=1S/C14H9N5/c15-6-11-5-13-12-4-2-1-3-10(12)7-18-19(13)14(11,8-16)9-17/h1-4,7,11,13H,5H2/t11-,13+/m0/s1. The van der Waals surface area contributed by atoms with Gasteiger partial charge in [-0.05, 0) is 17.5 Å². The molecule has 5 nitrogen and oxygen atoms in total. The molecule has 0 amide bonds. The zero-order valence-corrected chi connectivity index (χ0v) is 9.98. The van der Waals surface area contributed by atoms with Gasteiger partial charge in [0.2, 0.25) is 5.54 Å². The highest BCUT2D eigenvalue weighted by molar-refractivity contribution is 5.83. The Balaban J connectivity index is 2.17. The molecule has 0 bridgehead atoms. The third-order valence-electron chi connectivity index (χ3n) is 3.79. The van der Waals surface area contributed by atoms with Crippen molar-refractivity contribution in [1.29, 1.82) is 15.8 Å². The van der Waals surface area contributed by atoms with Gasteiger partial charge in [-0.15, -0.1) is 0 Å². The van der Waals surface area contributed by atoms with Gasteiger partial charge in [0.25, 0.3) is 0 Å². The van der Waals surface area contributed by atoms with Crippen molar-refractivity contribution >= 4 is 6.21 Å². The molecule has 0 radical (unpaired) electrons. The minimum absolute atomic E-state index is 0.176. The van der Waals surface area contributed by atoms with E-state index in [0.29, 0.717) is 6.42 Å². The Bertz CT molecular complexity index is 671. The number of hydrogen-bond acceptors (Lipinski definition) is 5. The molecule has 0 saturated carbocycles. The van der Waals surface area contributed by atoms with Crippen LogP contribution in [0, 0.1) is 39.9 Å². The Labute approximate surface area is 110 Å². The maximum atomic E-state index is 9.37. The van der Waals surface area contributed by atoms with Crippen LogP contribution in [-0.4, -0.2) is 16.8 Å². The van der Waals surface area contributed by atoms with Crippen molar-refractivity contribution in [2.75, 3.05) is 0 Å². The average molecular weight is 247 g/mol. The van der Waals surface area contributed by atoms with Gasteiger partial charge in [-0.25, -0.2) is 0 Å². The summed E-state index contributed by atoms with van der Waals surface area (Å²) in [5.74, 6) is -0.657. The van der Waals surface area contributed by atoms with Crippen molar-refractivity contribution in [1.82, 2.24) is 5.01 Å². The molecule has 0 N–H and O–H groups in total. The Kier molecular flexibility index (Phi) is 2.27. The molecule has 2 aliphatic rings. The Morgan fingerprint density at radius 1 is 1.21 bits per heavy atom. The molecule has 1 aromatic carbocycles. The number of nitrogens with zero attached hydrogens (tertiary/aromatic N) is 5. The molecule has 5 heteroatoms. The Hall–Kier alpha value is -2.84. The fourth-order valence-electron chi connectivity index (χ4n) is 2.82. The lowest BCUT2D eigenvalue weighted by Crippen LogP contribution is -2.44. The van der Waals surface area contributed by atoms with Gasteiger partial charge in [-0.2, -0.15) is 20.9 Å². The maximum Gasteiger partial charge on any atom is 0.245 e. The van der Waals surface area contributed by atoms with Gasteiger partial charge in [0.1, 0.15) is 18.1 Å². The van der Waals surface area contributed by atoms with Crippen molar-refractivity contribution in [3.05, 3.63) is 35.4 Å². The molecule has 1 saturated heterocycles. The maximum absolute atomic E-state index is 9.37. The molecule has 0 aromatic heterocycles. The molecule has 0 spiro atoms. The summed E-state index contributed by atoms with van der Waals surface area (Å²) in [5.41, 5.74) is 0.515. The fraction of sp³-hybridized carbons (Fsp3) is 0.286. The molecular formula is C14H9N5. The van der Waals surface area contributed by atoms with Crippen molar-refractivity contribution < 1.29 is 0 Å². The highest BCUT2D eigenvalue weighted by Crippen LogP contribution is 2.48. The van der Waals surface area contributed by atoms with Crippen LogP contribution in [0.5, 0.6) is 0 Å². The van der Waals surface area contributed by atoms with Crippen LogP contribution in [0.1, 0.15) is 23.6 Å². The molecule has 2 aliphatic heterocycles. The molecule has 2 heterocycles. The second-order valence-electron chi connectivity index (χ2n) is 4.64. The zero-order valence-electron chi connectivity index (χ0n) is 9.98. The van der Waals surface area contributed by atoms with Crippen molar-refractivity contribution in [3.8, 4) is 18.2 Å². The van der Waals surface area contributed by atoms with E-state index in [1.165, 1.54) is 5.01 Å². The number of rotatable bonds is 0. The summed E-state index contributed by atoms with van der Waals surface area (Å²) < 4.78 is 0. The van der Waals surface area contributed by atoms with E-state index in [2.05, 4.69) is 11.2 Å². The van der Waals surface area contributed by atoms with E-state index in [4.69, 9.17) is 0 Å². The van der Waals surface area contributed by atoms with Gasteiger partial charge in [-0.1, -0.05) is 24.3 Å². The van der Waals surface area contributed by atoms with E-state index in [1.807, 2.05) is 36.4 Å². The van der Waals surface area contributed by atoms with Gasteiger partial charge in [-0.3, -0.25) is 5.01 Å².